The van der Waals surface area contributed by atoms with Crippen LogP contribution in [-0.2, 0) is 14.8 Å². The highest BCUT2D eigenvalue weighted by Gasteiger charge is 2.36. The van der Waals surface area contributed by atoms with Crippen molar-refractivity contribution in [2.45, 2.75) is 43.4 Å². The van der Waals surface area contributed by atoms with Crippen LogP contribution < -0.4 is 5.73 Å². The lowest BCUT2D eigenvalue weighted by atomic mass is 10.1. The van der Waals surface area contributed by atoms with E-state index in [0.717, 1.165) is 15.6 Å². The number of halogens is 1. The maximum Gasteiger partial charge on any atom is 0.322 e. The van der Waals surface area contributed by atoms with Crippen molar-refractivity contribution < 1.29 is 18.3 Å². The molecule has 1 heterocycles. The molecule has 1 rings (SSSR count). The van der Waals surface area contributed by atoms with Crippen molar-refractivity contribution in [1.29, 1.82) is 0 Å². The molecule has 9 heteroatoms. The van der Waals surface area contributed by atoms with Gasteiger partial charge in [-0.3, -0.25) is 4.79 Å². The molecule has 0 bridgehead atoms. The van der Waals surface area contributed by atoms with E-state index in [9.17, 15) is 18.3 Å². The fourth-order valence-electron chi connectivity index (χ4n) is 2.15. The van der Waals surface area contributed by atoms with Gasteiger partial charge in [0, 0.05) is 6.54 Å². The van der Waals surface area contributed by atoms with Gasteiger partial charge in [0.15, 0.2) is 0 Å². The molecule has 134 valence electrons. The first-order valence-electron chi connectivity index (χ1n) is 7.29. The van der Waals surface area contributed by atoms with Crippen molar-refractivity contribution in [2.24, 2.45) is 11.7 Å². The number of rotatable bonds is 10. The average molecular weight is 385 g/mol. The van der Waals surface area contributed by atoms with Gasteiger partial charge in [-0.15, -0.1) is 23.7 Å². The summed E-state index contributed by atoms with van der Waals surface area (Å²) in [7, 11) is -3.79. The zero-order valence-corrected chi connectivity index (χ0v) is 15.8. The molecular weight excluding hydrogens is 360 g/mol. The largest absolute Gasteiger partial charge is 0.480 e. The molecule has 1 atom stereocenters. The van der Waals surface area contributed by atoms with Gasteiger partial charge < -0.3 is 10.8 Å². The van der Waals surface area contributed by atoms with Crippen molar-refractivity contribution in [2.75, 3.05) is 13.1 Å². The summed E-state index contributed by atoms with van der Waals surface area (Å²) in [6.07, 6.45) is 1.53. The van der Waals surface area contributed by atoms with Gasteiger partial charge in [0.05, 0.1) is 0 Å². The van der Waals surface area contributed by atoms with Crippen LogP contribution in [0.25, 0.3) is 0 Å². The van der Waals surface area contributed by atoms with E-state index in [0.29, 0.717) is 19.4 Å². The van der Waals surface area contributed by atoms with E-state index in [1.165, 1.54) is 6.07 Å². The molecule has 6 nitrogen and oxygen atoms in total. The maximum absolute atomic E-state index is 12.8. The second-order valence-corrected chi connectivity index (χ2v) is 8.60. The Hall–Kier alpha value is -0.670. The lowest BCUT2D eigenvalue weighted by Gasteiger charge is -2.29. The molecule has 23 heavy (non-hydrogen) atoms. The Kier molecular flexibility index (Phi) is 9.95. The molecule has 0 aliphatic heterocycles. The first-order valence-corrected chi connectivity index (χ1v) is 9.61. The first kappa shape index (κ1) is 22.3. The van der Waals surface area contributed by atoms with Crippen molar-refractivity contribution >= 4 is 39.7 Å². The molecule has 0 unspecified atom stereocenters. The number of nitrogens with two attached hydrogens (primary N) is 1. The van der Waals surface area contributed by atoms with Gasteiger partial charge >= 0.3 is 5.97 Å². The molecule has 1 aromatic rings. The summed E-state index contributed by atoms with van der Waals surface area (Å²) in [6.45, 7) is 4.39. The van der Waals surface area contributed by atoms with E-state index >= 15 is 0 Å². The molecule has 0 aliphatic carbocycles. The summed E-state index contributed by atoms with van der Waals surface area (Å²) in [5, 5.41) is 11.2. The second-order valence-electron chi connectivity index (χ2n) is 5.54. The third-order valence-corrected chi connectivity index (χ3v) is 6.42. The molecule has 0 radical (unpaired) electrons. The number of carboxylic acid groups (broad SMARTS) is 1. The number of nitrogens with zero attached hydrogens (tertiary/aromatic N) is 1. The number of carbonyl (C=O) groups is 1. The Morgan fingerprint density at radius 2 is 2.04 bits per heavy atom. The number of hydrogen-bond acceptors (Lipinski definition) is 5. The molecule has 0 saturated heterocycles. The molecule has 0 amide bonds. The van der Waals surface area contributed by atoms with Crippen molar-refractivity contribution in [3.8, 4) is 0 Å². The summed E-state index contributed by atoms with van der Waals surface area (Å²) >= 11 is 1.10. The summed E-state index contributed by atoms with van der Waals surface area (Å²) in [5.74, 6) is -1.08. The van der Waals surface area contributed by atoms with Crippen LogP contribution >= 0.6 is 23.7 Å². The summed E-state index contributed by atoms with van der Waals surface area (Å²) < 4.78 is 26.8. The minimum atomic E-state index is -3.79. The van der Waals surface area contributed by atoms with Crippen LogP contribution in [0.4, 0.5) is 0 Å². The molecule has 0 aromatic carbocycles. The van der Waals surface area contributed by atoms with E-state index in [1.54, 1.807) is 11.4 Å². The zero-order chi connectivity index (χ0) is 16.8. The van der Waals surface area contributed by atoms with Gasteiger partial charge in [0.2, 0.25) is 0 Å². The third kappa shape index (κ3) is 6.39. The van der Waals surface area contributed by atoms with E-state index in [4.69, 9.17) is 5.73 Å². The smallest absolute Gasteiger partial charge is 0.322 e. The molecule has 1 aromatic heterocycles. The lowest BCUT2D eigenvalue weighted by Crippen LogP contribution is -2.46. The predicted molar refractivity (Wildman–Crippen MR) is 94.6 cm³/mol. The number of unbranched alkanes of at least 4 members (excludes halogenated alkanes) is 1. The summed E-state index contributed by atoms with van der Waals surface area (Å²) in [4.78, 5) is 11.6. The molecule has 0 aliphatic rings. The van der Waals surface area contributed by atoms with E-state index in [-0.39, 0.29) is 35.5 Å². The topological polar surface area (TPSA) is 101 Å². The van der Waals surface area contributed by atoms with Crippen molar-refractivity contribution in [1.82, 2.24) is 4.31 Å². The highest BCUT2D eigenvalue weighted by molar-refractivity contribution is 7.91. The van der Waals surface area contributed by atoms with Gasteiger partial charge in [0.25, 0.3) is 10.0 Å². The lowest BCUT2D eigenvalue weighted by molar-refractivity contribution is -0.141. The monoisotopic (exact) mass is 384 g/mol. The highest BCUT2D eigenvalue weighted by Crippen LogP contribution is 2.25. The fourth-order valence-corrected chi connectivity index (χ4v) is 5.05. The number of aliphatic carboxylic acids is 1. The predicted octanol–water partition coefficient (Wildman–Crippen LogP) is 2.40. The van der Waals surface area contributed by atoms with Crippen LogP contribution in [-0.4, -0.2) is 42.9 Å². The van der Waals surface area contributed by atoms with E-state index in [2.05, 4.69) is 0 Å². The SMILES string of the molecule is CC(C)CN([C@@H](CCCCN)C(=O)O)S(=O)(=O)c1cccs1.Cl. The molecule has 0 spiro atoms. The Balaban J connectivity index is 0.00000484. The summed E-state index contributed by atoms with van der Waals surface area (Å²) in [6, 6.07) is 2.10. The Morgan fingerprint density at radius 3 is 2.48 bits per heavy atom. The van der Waals surface area contributed by atoms with E-state index in [1.807, 2.05) is 13.8 Å². The van der Waals surface area contributed by atoms with Gasteiger partial charge in [-0.05, 0) is 43.2 Å². The van der Waals surface area contributed by atoms with Crippen molar-refractivity contribution in [3.63, 3.8) is 0 Å². The van der Waals surface area contributed by atoms with E-state index < -0.39 is 22.0 Å². The van der Waals surface area contributed by atoms with Crippen LogP contribution in [0.15, 0.2) is 21.7 Å². The van der Waals surface area contributed by atoms with Crippen LogP contribution in [0.5, 0.6) is 0 Å². The van der Waals surface area contributed by atoms with Gasteiger partial charge in [-0.2, -0.15) is 4.31 Å². The quantitative estimate of drug-likeness (QED) is 0.603. The zero-order valence-electron chi connectivity index (χ0n) is 13.3. The molecule has 0 saturated carbocycles. The molecule has 3 N–H and O–H groups in total. The summed E-state index contributed by atoms with van der Waals surface area (Å²) in [5.41, 5.74) is 5.43. The minimum Gasteiger partial charge on any atom is -0.480 e. The Bertz CT molecular complexity index is 561. The second kappa shape index (κ2) is 10.2. The maximum atomic E-state index is 12.8. The minimum absolute atomic E-state index is 0. The van der Waals surface area contributed by atoms with Gasteiger partial charge in [-0.25, -0.2) is 8.42 Å². The number of carboxylic acids is 1. The average Bonchev–Trinajstić information content (AvgIpc) is 2.95. The van der Waals surface area contributed by atoms with Gasteiger partial charge in [-0.1, -0.05) is 19.9 Å². The fraction of sp³-hybridized carbons (Fsp3) is 0.643. The molecular formula is C14H25ClN2O4S2. The normalized spacial score (nSPS) is 13.1. The van der Waals surface area contributed by atoms with Crippen LogP contribution in [0.2, 0.25) is 0 Å². The van der Waals surface area contributed by atoms with Crippen LogP contribution in [0, 0.1) is 5.92 Å². The van der Waals surface area contributed by atoms with Crippen molar-refractivity contribution in [3.05, 3.63) is 17.5 Å². The Morgan fingerprint density at radius 1 is 1.39 bits per heavy atom. The van der Waals surface area contributed by atoms with Gasteiger partial charge in [0.1, 0.15) is 10.3 Å². The number of thiophene rings is 1. The number of sulfonamides is 1. The first-order chi connectivity index (χ1) is 10.3. The Labute approximate surface area is 148 Å². The highest BCUT2D eigenvalue weighted by atomic mass is 35.5. The third-order valence-electron chi connectivity index (χ3n) is 3.17. The van der Waals surface area contributed by atoms with Crippen LogP contribution in [0.3, 0.4) is 0 Å². The standard InChI is InChI=1S/C14H24N2O4S2.ClH/c1-11(2)10-16(12(14(17)18)6-3-4-8-15)22(19,20)13-7-5-9-21-13;/h5,7,9,11-12H,3-4,6,8,10,15H2,1-2H3,(H,17,18);1H/t12-;/m0./s1. The van der Waals surface area contributed by atoms with Crippen LogP contribution in [0.1, 0.15) is 33.1 Å². The number of hydrogen-bond donors (Lipinski definition) is 2. The molecule has 0 fully saturated rings.